The summed E-state index contributed by atoms with van der Waals surface area (Å²) in [4.78, 5) is 27.7. The van der Waals surface area contributed by atoms with Gasteiger partial charge in [-0.25, -0.2) is 14.4 Å². The Labute approximate surface area is 181 Å². The molecule has 3 heterocycles. The number of hydrogen-bond donors (Lipinski definition) is 1. The van der Waals surface area contributed by atoms with E-state index in [0.29, 0.717) is 17.2 Å². The van der Waals surface area contributed by atoms with E-state index in [1.165, 1.54) is 34.8 Å². The number of amides is 1. The highest BCUT2D eigenvalue weighted by Gasteiger charge is 2.26. The van der Waals surface area contributed by atoms with Crippen molar-refractivity contribution in [1.82, 2.24) is 15.0 Å². The number of benzene rings is 1. The van der Waals surface area contributed by atoms with Crippen LogP contribution >= 0.6 is 22.7 Å². The first-order valence-corrected chi connectivity index (χ1v) is 10.9. The zero-order valence-electron chi connectivity index (χ0n) is 16.0. The lowest BCUT2D eigenvalue weighted by atomic mass is 10.0. The van der Waals surface area contributed by atoms with E-state index in [2.05, 4.69) is 20.3 Å². The summed E-state index contributed by atoms with van der Waals surface area (Å²) < 4.78 is 13.3. The number of rotatable bonds is 7. The average molecular weight is 440 g/mol. The number of nitrogens with zero attached hydrogens (tertiary/aromatic N) is 4. The zero-order chi connectivity index (χ0) is 20.9. The van der Waals surface area contributed by atoms with E-state index in [4.69, 9.17) is 0 Å². The van der Waals surface area contributed by atoms with Crippen LogP contribution in [0, 0.1) is 5.82 Å². The Balaban J connectivity index is 1.54. The molecule has 4 rings (SSSR count). The van der Waals surface area contributed by atoms with Crippen molar-refractivity contribution < 1.29 is 9.18 Å². The minimum atomic E-state index is -0.524. The molecule has 1 amide bonds. The van der Waals surface area contributed by atoms with Crippen LogP contribution in [0.1, 0.15) is 5.56 Å². The summed E-state index contributed by atoms with van der Waals surface area (Å²) in [6, 6.07) is 9.41. The van der Waals surface area contributed by atoms with Gasteiger partial charge in [0.15, 0.2) is 0 Å². The fourth-order valence-corrected chi connectivity index (χ4v) is 4.36. The molecular formula is C21H18FN5OS2. The molecule has 4 aromatic rings. The number of pyridine rings is 1. The highest BCUT2D eigenvalue weighted by atomic mass is 32.1. The smallest absolute Gasteiger partial charge is 0.248 e. The molecule has 1 atom stereocenters. The maximum Gasteiger partial charge on any atom is 0.248 e. The second kappa shape index (κ2) is 9.10. The van der Waals surface area contributed by atoms with Crippen molar-refractivity contribution in [1.29, 1.82) is 0 Å². The Kier molecular flexibility index (Phi) is 6.10. The fraction of sp³-hybridized carbons (Fsp3) is 0.143. The number of aromatic nitrogens is 3. The van der Waals surface area contributed by atoms with E-state index < -0.39 is 6.04 Å². The predicted molar refractivity (Wildman–Crippen MR) is 118 cm³/mol. The van der Waals surface area contributed by atoms with E-state index in [9.17, 15) is 9.18 Å². The van der Waals surface area contributed by atoms with Crippen molar-refractivity contribution in [2.24, 2.45) is 0 Å². The predicted octanol–water partition coefficient (Wildman–Crippen LogP) is 4.49. The Hall–Kier alpha value is -3.17. The lowest BCUT2D eigenvalue weighted by molar-refractivity contribution is -0.117. The van der Waals surface area contributed by atoms with Crippen LogP contribution in [0.5, 0.6) is 0 Å². The number of anilines is 2. The van der Waals surface area contributed by atoms with Crippen molar-refractivity contribution in [2.75, 3.05) is 17.3 Å². The normalized spacial score (nSPS) is 11.8. The maximum atomic E-state index is 13.3. The molecule has 1 N–H and O–H groups in total. The minimum absolute atomic E-state index is 0.181. The van der Waals surface area contributed by atoms with Crippen LogP contribution in [0.3, 0.4) is 0 Å². The molecule has 0 saturated carbocycles. The fourth-order valence-electron chi connectivity index (χ4n) is 2.95. The van der Waals surface area contributed by atoms with Gasteiger partial charge in [-0.2, -0.15) is 0 Å². The van der Waals surface area contributed by atoms with Crippen LogP contribution in [-0.4, -0.2) is 33.9 Å². The van der Waals surface area contributed by atoms with Gasteiger partial charge >= 0.3 is 0 Å². The first-order chi connectivity index (χ1) is 14.6. The summed E-state index contributed by atoms with van der Waals surface area (Å²) in [5.41, 5.74) is 3.53. The van der Waals surface area contributed by atoms with Crippen LogP contribution in [0.2, 0.25) is 0 Å². The number of thiazole rings is 2. The SMILES string of the molecule is CN(c1cscn1)C(Cc1ccc(F)cc1)C(=O)Nc1cnc(-c2ccncc2)s1. The Morgan fingerprint density at radius 2 is 1.93 bits per heavy atom. The van der Waals surface area contributed by atoms with Gasteiger partial charge in [0, 0.05) is 36.8 Å². The molecule has 9 heteroatoms. The molecule has 152 valence electrons. The lowest BCUT2D eigenvalue weighted by Gasteiger charge is -2.27. The summed E-state index contributed by atoms with van der Waals surface area (Å²) >= 11 is 2.86. The van der Waals surface area contributed by atoms with E-state index >= 15 is 0 Å². The summed E-state index contributed by atoms with van der Waals surface area (Å²) in [7, 11) is 1.83. The van der Waals surface area contributed by atoms with E-state index in [1.54, 1.807) is 36.2 Å². The maximum absolute atomic E-state index is 13.3. The second-order valence-corrected chi connectivity index (χ2v) is 8.31. The van der Waals surface area contributed by atoms with Gasteiger partial charge in [0.2, 0.25) is 5.91 Å². The van der Waals surface area contributed by atoms with Crippen molar-refractivity contribution in [3.05, 3.63) is 77.3 Å². The summed E-state index contributed by atoms with van der Waals surface area (Å²) in [6.45, 7) is 0. The van der Waals surface area contributed by atoms with Crippen LogP contribution in [0.25, 0.3) is 10.6 Å². The zero-order valence-corrected chi connectivity index (χ0v) is 17.7. The van der Waals surface area contributed by atoms with Crippen LogP contribution in [0.15, 0.2) is 65.9 Å². The molecular weight excluding hydrogens is 421 g/mol. The first kappa shape index (κ1) is 20.1. The molecule has 0 aliphatic carbocycles. The number of carbonyl (C=O) groups is 1. The van der Waals surface area contributed by atoms with Gasteiger partial charge in [0.05, 0.1) is 11.7 Å². The monoisotopic (exact) mass is 439 g/mol. The van der Waals surface area contributed by atoms with E-state index in [1.807, 2.05) is 29.5 Å². The Bertz CT molecular complexity index is 1100. The number of halogens is 1. The third kappa shape index (κ3) is 4.69. The van der Waals surface area contributed by atoms with Crippen molar-refractivity contribution in [3.8, 4) is 10.6 Å². The molecule has 0 bridgehead atoms. The molecule has 0 radical (unpaired) electrons. The standard InChI is InChI=1S/C21H18FN5OS2/c1-27(18-12-29-13-25-18)17(10-14-2-4-16(22)5-3-14)20(28)26-19-11-24-21(30-19)15-6-8-23-9-7-15/h2-9,11-13,17H,10H2,1H3,(H,26,28). The molecule has 3 aromatic heterocycles. The molecule has 0 spiro atoms. The van der Waals surface area contributed by atoms with Crippen LogP contribution in [0.4, 0.5) is 15.2 Å². The summed E-state index contributed by atoms with van der Waals surface area (Å²) in [5.74, 6) is 0.227. The van der Waals surface area contributed by atoms with Crippen LogP contribution < -0.4 is 10.2 Å². The highest BCUT2D eigenvalue weighted by Crippen LogP contribution is 2.28. The van der Waals surface area contributed by atoms with Crippen molar-refractivity contribution in [2.45, 2.75) is 12.5 Å². The number of hydrogen-bond acceptors (Lipinski definition) is 7. The highest BCUT2D eigenvalue weighted by molar-refractivity contribution is 7.19. The average Bonchev–Trinajstić information content (AvgIpc) is 3.46. The molecule has 1 aromatic carbocycles. The minimum Gasteiger partial charge on any atom is -0.347 e. The van der Waals surface area contributed by atoms with Gasteiger partial charge in [-0.1, -0.05) is 23.5 Å². The molecule has 0 aliphatic heterocycles. The quantitative estimate of drug-likeness (QED) is 0.460. The largest absolute Gasteiger partial charge is 0.347 e. The Morgan fingerprint density at radius 1 is 1.17 bits per heavy atom. The summed E-state index contributed by atoms with van der Waals surface area (Å²) in [5, 5.41) is 6.31. The third-order valence-corrected chi connectivity index (χ3v) is 6.11. The van der Waals surface area contributed by atoms with Gasteiger partial charge in [0.25, 0.3) is 0 Å². The molecule has 0 fully saturated rings. The number of likely N-dealkylation sites (N-methyl/N-ethyl adjacent to an activating group) is 1. The molecule has 6 nitrogen and oxygen atoms in total. The van der Waals surface area contributed by atoms with Gasteiger partial charge in [-0.05, 0) is 29.8 Å². The number of carbonyl (C=O) groups excluding carboxylic acids is 1. The second-order valence-electron chi connectivity index (χ2n) is 6.56. The van der Waals surface area contributed by atoms with Gasteiger partial charge in [-0.15, -0.1) is 11.3 Å². The molecule has 1 unspecified atom stereocenters. The molecule has 0 aliphatic rings. The molecule has 30 heavy (non-hydrogen) atoms. The Morgan fingerprint density at radius 3 is 2.63 bits per heavy atom. The topological polar surface area (TPSA) is 71.0 Å². The first-order valence-electron chi connectivity index (χ1n) is 9.12. The van der Waals surface area contributed by atoms with E-state index in [-0.39, 0.29) is 11.7 Å². The van der Waals surface area contributed by atoms with Gasteiger partial charge in [0.1, 0.15) is 27.7 Å². The lowest BCUT2D eigenvalue weighted by Crippen LogP contribution is -2.43. The molecule has 0 saturated heterocycles. The van der Waals surface area contributed by atoms with Crippen molar-refractivity contribution >= 4 is 39.4 Å². The van der Waals surface area contributed by atoms with Gasteiger partial charge in [-0.3, -0.25) is 9.78 Å². The summed E-state index contributed by atoms with van der Waals surface area (Å²) in [6.07, 6.45) is 5.47. The third-order valence-electron chi connectivity index (χ3n) is 4.57. The van der Waals surface area contributed by atoms with Gasteiger partial charge < -0.3 is 10.2 Å². The van der Waals surface area contributed by atoms with E-state index in [0.717, 1.165) is 16.1 Å². The van der Waals surface area contributed by atoms with Crippen molar-refractivity contribution in [3.63, 3.8) is 0 Å². The van der Waals surface area contributed by atoms with Crippen LogP contribution in [-0.2, 0) is 11.2 Å². The number of nitrogens with one attached hydrogen (secondary N) is 1.